The molecule has 0 radical (unpaired) electrons. The monoisotopic (exact) mass is 302 g/mol. The Hall–Kier alpha value is -1.56. The van der Waals surface area contributed by atoms with Crippen molar-refractivity contribution < 1.29 is 24.5 Å². The molecule has 17 heavy (non-hydrogen) atoms. The molecule has 5 nitrogen and oxygen atoms in total. The summed E-state index contributed by atoms with van der Waals surface area (Å²) in [5.41, 5.74) is 0.125. The van der Waals surface area contributed by atoms with E-state index < -0.39 is 23.9 Å². The third kappa shape index (κ3) is 3.45. The smallest absolute Gasteiger partial charge is 0.313 e. The maximum Gasteiger partial charge on any atom is 0.313 e. The summed E-state index contributed by atoms with van der Waals surface area (Å²) in [5.74, 6) is -1.88. The van der Waals surface area contributed by atoms with Crippen molar-refractivity contribution in [2.75, 3.05) is 6.61 Å². The minimum absolute atomic E-state index is 0.125. The lowest BCUT2D eigenvalue weighted by Crippen LogP contribution is -2.11. The Morgan fingerprint density at radius 1 is 1.35 bits per heavy atom. The van der Waals surface area contributed by atoms with Gasteiger partial charge in [-0.05, 0) is 35.0 Å². The number of ketones is 1. The predicted octanol–water partition coefficient (Wildman–Crippen LogP) is 2.00. The Balaban J connectivity index is 2.86. The van der Waals surface area contributed by atoms with Gasteiger partial charge in [-0.3, -0.25) is 9.59 Å². The molecule has 0 spiro atoms. The van der Waals surface area contributed by atoms with Crippen LogP contribution >= 0.6 is 15.9 Å². The summed E-state index contributed by atoms with van der Waals surface area (Å²) >= 11 is 2.98. The Morgan fingerprint density at radius 2 is 2.00 bits per heavy atom. The van der Waals surface area contributed by atoms with Crippen LogP contribution in [0.5, 0.6) is 11.5 Å². The molecular formula is C11H11BrO5. The van der Waals surface area contributed by atoms with E-state index in [0.717, 1.165) is 6.07 Å². The maximum absolute atomic E-state index is 11.6. The fourth-order valence-electron chi connectivity index (χ4n) is 1.19. The van der Waals surface area contributed by atoms with E-state index in [1.807, 2.05) is 0 Å². The van der Waals surface area contributed by atoms with Crippen molar-refractivity contribution in [2.45, 2.75) is 13.3 Å². The highest BCUT2D eigenvalue weighted by Gasteiger charge is 2.16. The van der Waals surface area contributed by atoms with Gasteiger partial charge in [-0.25, -0.2) is 0 Å². The molecule has 0 aromatic heterocycles. The van der Waals surface area contributed by atoms with Crippen molar-refractivity contribution in [1.82, 2.24) is 0 Å². The van der Waals surface area contributed by atoms with Crippen LogP contribution in [0.1, 0.15) is 23.7 Å². The second-order valence-electron chi connectivity index (χ2n) is 3.23. The number of halogens is 1. The van der Waals surface area contributed by atoms with Crippen molar-refractivity contribution in [3.05, 3.63) is 22.2 Å². The number of phenolic OH excluding ortho intramolecular Hbond substituents is 2. The van der Waals surface area contributed by atoms with Gasteiger partial charge in [0, 0.05) is 5.56 Å². The van der Waals surface area contributed by atoms with Crippen LogP contribution in [0.25, 0.3) is 0 Å². The number of carbonyl (C=O) groups excluding carboxylic acids is 2. The number of rotatable bonds is 4. The van der Waals surface area contributed by atoms with E-state index in [9.17, 15) is 19.8 Å². The van der Waals surface area contributed by atoms with E-state index in [-0.39, 0.29) is 22.4 Å². The summed E-state index contributed by atoms with van der Waals surface area (Å²) in [6.45, 7) is 1.85. The predicted molar refractivity (Wildman–Crippen MR) is 63.1 cm³/mol. The van der Waals surface area contributed by atoms with Crippen LogP contribution in [0.15, 0.2) is 16.6 Å². The molecule has 0 bridgehead atoms. The number of benzene rings is 1. The maximum atomic E-state index is 11.6. The third-order valence-electron chi connectivity index (χ3n) is 1.98. The van der Waals surface area contributed by atoms with E-state index >= 15 is 0 Å². The Bertz CT molecular complexity index is 432. The van der Waals surface area contributed by atoms with Gasteiger partial charge in [0.15, 0.2) is 17.3 Å². The number of carbonyl (C=O) groups is 2. The first-order chi connectivity index (χ1) is 7.95. The molecule has 0 saturated carbocycles. The molecule has 0 aliphatic heterocycles. The van der Waals surface area contributed by atoms with Gasteiger partial charge in [-0.1, -0.05) is 0 Å². The Morgan fingerprint density at radius 3 is 2.53 bits per heavy atom. The molecule has 0 unspecified atom stereocenters. The normalized spacial score (nSPS) is 10.0. The SMILES string of the molecule is CCOC(=O)CC(=O)c1cc(O)c(O)c(Br)c1. The molecule has 1 rings (SSSR count). The minimum atomic E-state index is -0.624. The van der Waals surface area contributed by atoms with E-state index in [0.29, 0.717) is 0 Å². The van der Waals surface area contributed by atoms with Crippen molar-refractivity contribution in [2.24, 2.45) is 0 Å². The lowest BCUT2D eigenvalue weighted by Gasteiger charge is -2.05. The van der Waals surface area contributed by atoms with Crippen LogP contribution in [0, 0.1) is 0 Å². The van der Waals surface area contributed by atoms with Gasteiger partial charge in [0.2, 0.25) is 0 Å². The average molecular weight is 303 g/mol. The fraction of sp³-hybridized carbons (Fsp3) is 0.273. The first kappa shape index (κ1) is 13.5. The van der Waals surface area contributed by atoms with Crippen molar-refractivity contribution in [3.63, 3.8) is 0 Å². The molecule has 92 valence electrons. The van der Waals surface area contributed by atoms with Crippen molar-refractivity contribution in [1.29, 1.82) is 0 Å². The number of aromatic hydroxyl groups is 2. The Labute approximate surface area is 106 Å². The first-order valence-electron chi connectivity index (χ1n) is 4.86. The highest BCUT2D eigenvalue weighted by molar-refractivity contribution is 9.10. The quantitative estimate of drug-likeness (QED) is 0.385. The molecule has 0 heterocycles. The molecule has 0 saturated heterocycles. The topological polar surface area (TPSA) is 83.8 Å². The molecule has 0 aliphatic rings. The summed E-state index contributed by atoms with van der Waals surface area (Å²) < 4.78 is 4.82. The molecule has 1 aromatic carbocycles. The summed E-state index contributed by atoms with van der Waals surface area (Å²) in [6.07, 6.45) is -0.398. The highest BCUT2D eigenvalue weighted by atomic mass is 79.9. The van der Waals surface area contributed by atoms with Crippen LogP contribution in [-0.2, 0) is 9.53 Å². The van der Waals surface area contributed by atoms with Crippen LogP contribution < -0.4 is 0 Å². The van der Waals surface area contributed by atoms with Gasteiger partial charge in [-0.2, -0.15) is 0 Å². The van der Waals surface area contributed by atoms with Gasteiger partial charge in [0.1, 0.15) is 6.42 Å². The number of phenols is 2. The third-order valence-corrected chi connectivity index (χ3v) is 2.58. The molecule has 6 heteroatoms. The van der Waals surface area contributed by atoms with E-state index in [1.165, 1.54) is 6.07 Å². The van der Waals surface area contributed by atoms with Crippen molar-refractivity contribution >= 4 is 27.7 Å². The molecule has 1 aromatic rings. The lowest BCUT2D eigenvalue weighted by atomic mass is 10.1. The van der Waals surface area contributed by atoms with Gasteiger partial charge in [0.05, 0.1) is 11.1 Å². The number of hydrogen-bond donors (Lipinski definition) is 2. The van der Waals surface area contributed by atoms with E-state index in [1.54, 1.807) is 6.92 Å². The molecule has 0 aliphatic carbocycles. The number of ether oxygens (including phenoxy) is 1. The van der Waals surface area contributed by atoms with Crippen LogP contribution in [-0.4, -0.2) is 28.6 Å². The summed E-state index contributed by atoms with van der Waals surface area (Å²) in [7, 11) is 0. The molecule has 0 atom stereocenters. The summed E-state index contributed by atoms with van der Waals surface area (Å²) in [5, 5.41) is 18.6. The largest absolute Gasteiger partial charge is 0.504 e. The van der Waals surface area contributed by atoms with Crippen LogP contribution in [0.4, 0.5) is 0 Å². The van der Waals surface area contributed by atoms with Gasteiger partial charge in [0.25, 0.3) is 0 Å². The average Bonchev–Trinajstić information content (AvgIpc) is 2.25. The van der Waals surface area contributed by atoms with Crippen LogP contribution in [0.2, 0.25) is 0 Å². The highest BCUT2D eigenvalue weighted by Crippen LogP contribution is 2.34. The number of hydrogen-bond acceptors (Lipinski definition) is 5. The molecule has 0 fully saturated rings. The van der Waals surface area contributed by atoms with E-state index in [2.05, 4.69) is 20.7 Å². The van der Waals surface area contributed by atoms with Gasteiger partial charge < -0.3 is 14.9 Å². The van der Waals surface area contributed by atoms with Gasteiger partial charge >= 0.3 is 5.97 Å². The zero-order valence-corrected chi connectivity index (χ0v) is 10.7. The second kappa shape index (κ2) is 5.67. The zero-order chi connectivity index (χ0) is 13.0. The number of Topliss-reactive ketones (excluding diaryl/α,β-unsaturated/α-hetero) is 1. The van der Waals surface area contributed by atoms with Crippen LogP contribution in [0.3, 0.4) is 0 Å². The van der Waals surface area contributed by atoms with Gasteiger partial charge in [-0.15, -0.1) is 0 Å². The van der Waals surface area contributed by atoms with Crippen molar-refractivity contribution in [3.8, 4) is 11.5 Å². The Kier molecular flexibility index (Phi) is 4.51. The molecule has 2 N–H and O–H groups in total. The molecular weight excluding hydrogens is 292 g/mol. The fourth-order valence-corrected chi connectivity index (χ4v) is 1.64. The second-order valence-corrected chi connectivity index (χ2v) is 4.09. The standard InChI is InChI=1S/C11H11BrO5/c1-2-17-10(15)5-8(13)6-3-7(12)11(16)9(14)4-6/h3-4,14,16H,2,5H2,1H3. The first-order valence-corrected chi connectivity index (χ1v) is 5.65. The number of esters is 1. The summed E-state index contributed by atoms with van der Waals surface area (Å²) in [4.78, 5) is 22.7. The zero-order valence-electron chi connectivity index (χ0n) is 9.07. The lowest BCUT2D eigenvalue weighted by molar-refractivity contribution is -0.141. The summed E-state index contributed by atoms with van der Waals surface area (Å²) in [6, 6.07) is 2.43. The molecule has 0 amide bonds. The van der Waals surface area contributed by atoms with E-state index in [4.69, 9.17) is 0 Å². The minimum Gasteiger partial charge on any atom is -0.504 e.